The number of para-hydroxylation sites is 1. The molecule has 7 amide bonds. The lowest BCUT2D eigenvalue weighted by atomic mass is 9.49. The minimum Gasteiger partial charge on any atom is -0.461 e. The maximum absolute atomic E-state index is 14.8. The summed E-state index contributed by atoms with van der Waals surface area (Å²) in [6, 6.07) is 33.0. The van der Waals surface area contributed by atoms with Crippen LogP contribution in [0.5, 0.6) is 0 Å². The van der Waals surface area contributed by atoms with Gasteiger partial charge in [-0.1, -0.05) is 152 Å². The smallest absolute Gasteiger partial charge is 0.306 e. The summed E-state index contributed by atoms with van der Waals surface area (Å²) in [6.07, 6.45) is 12.2. The van der Waals surface area contributed by atoms with Crippen LogP contribution in [0.1, 0.15) is 226 Å². The summed E-state index contributed by atoms with van der Waals surface area (Å²) in [6.45, 7) is 15.3. The molecule has 9 atom stereocenters. The fourth-order valence-corrected chi connectivity index (χ4v) is 18.5. The van der Waals surface area contributed by atoms with Crippen molar-refractivity contribution in [1.82, 2.24) is 16.0 Å². The van der Waals surface area contributed by atoms with Gasteiger partial charge in [0.25, 0.3) is 0 Å². The van der Waals surface area contributed by atoms with Crippen LogP contribution in [0.4, 0.5) is 17.1 Å². The summed E-state index contributed by atoms with van der Waals surface area (Å²) >= 11 is 0. The van der Waals surface area contributed by atoms with E-state index in [1.807, 2.05) is 74.5 Å². The monoisotopic (exact) mass is 1590 g/mol. The standard InChI is InChI=1S/C93H122N8O15/c1-62(2)73(59-72(102)42-48-112-50-52-114-54-55-115-53-51-113-49-47-97-83(105)40-41-84(106)101-60-69-20-11-10-18-65(69)30-31-68-19-12-14-23-78(68)101)86(108)99-77(22-13-15-24-82(96)104)79(103)56-63-26-28-64(29-27-63)61-116-85(107)25-9-7-8-21-76(95)87(109)98-71-37-33-67-35-39-81-91(4,75(67)58-71)44-17-46-93(81,6)89(111)100-88(110)92(5)45-16-43-90(3)74-57-70(94)36-32-66(74)34-38-80(90)92/h10-12,14,18-20,23,26-29,32-33,36-37,57-58,62,73,76-77,80-81H,7-9,13,15-17,21-22,24-25,34-35,38-56,59-61,94-95H2,1-6H3,(H2,96,104)(H,97,105)(H,98,109)(H,99,108)(H,100,110,111)/t73-,76-,77-,80+,81+,90+,91+,92-,93-/m0/s1. The van der Waals surface area contributed by atoms with Crippen molar-refractivity contribution in [2.45, 2.75) is 232 Å². The highest BCUT2D eigenvalue weighted by molar-refractivity contribution is 6.01. The van der Waals surface area contributed by atoms with Crippen molar-refractivity contribution in [1.29, 1.82) is 0 Å². The van der Waals surface area contributed by atoms with E-state index in [0.29, 0.717) is 89.2 Å². The molecule has 5 aromatic carbocycles. The third-order valence-corrected chi connectivity index (χ3v) is 25.2. The van der Waals surface area contributed by atoms with Crippen LogP contribution in [-0.2, 0) is 115 Å². The lowest BCUT2D eigenvalue weighted by Gasteiger charge is -2.56. The van der Waals surface area contributed by atoms with Crippen molar-refractivity contribution in [3.05, 3.63) is 159 Å². The fraction of sp³-hybridized carbons (Fsp3) is 0.548. The summed E-state index contributed by atoms with van der Waals surface area (Å²) in [5, 5.41) is 11.9. The molecule has 5 aliphatic rings. The zero-order valence-corrected chi connectivity index (χ0v) is 68.9. The highest BCUT2D eigenvalue weighted by Gasteiger charge is 2.59. The minimum atomic E-state index is -0.883. The van der Waals surface area contributed by atoms with Crippen LogP contribution in [0.15, 0.2) is 109 Å². The molecule has 1 heterocycles. The van der Waals surface area contributed by atoms with Crippen molar-refractivity contribution in [3.8, 4) is 11.8 Å². The van der Waals surface area contributed by atoms with E-state index in [1.165, 1.54) is 16.7 Å². The van der Waals surface area contributed by atoms with Crippen LogP contribution in [-0.4, -0.2) is 130 Å². The molecule has 10 rings (SSSR count). The number of fused-ring (bicyclic) bond motifs is 8. The lowest BCUT2D eigenvalue weighted by Crippen LogP contribution is -2.60. The molecule has 0 unspecified atom stereocenters. The van der Waals surface area contributed by atoms with Crippen molar-refractivity contribution in [2.75, 3.05) is 75.4 Å². The second-order valence-electron chi connectivity index (χ2n) is 33.8. The average molecular weight is 1590 g/mol. The molecule has 1 aliphatic heterocycles. The number of ether oxygens (including phenoxy) is 5. The van der Waals surface area contributed by atoms with Gasteiger partial charge < -0.3 is 61.7 Å². The first kappa shape index (κ1) is 88.9. The zero-order valence-electron chi connectivity index (χ0n) is 68.9. The molecule has 4 aliphatic carbocycles. The second-order valence-corrected chi connectivity index (χ2v) is 33.8. The van der Waals surface area contributed by atoms with Crippen LogP contribution in [0.2, 0.25) is 0 Å². The van der Waals surface area contributed by atoms with Gasteiger partial charge in [-0.05, 0) is 187 Å². The number of aryl methyl sites for hydroxylation is 2. The van der Waals surface area contributed by atoms with E-state index in [9.17, 15) is 47.9 Å². The van der Waals surface area contributed by atoms with E-state index in [1.54, 1.807) is 29.2 Å². The van der Waals surface area contributed by atoms with Gasteiger partial charge >= 0.3 is 5.97 Å². The molecular formula is C93H122N8O15. The van der Waals surface area contributed by atoms with Gasteiger partial charge in [-0.25, -0.2) is 0 Å². The van der Waals surface area contributed by atoms with E-state index in [2.05, 4.69) is 85.1 Å². The fourth-order valence-electron chi connectivity index (χ4n) is 18.5. The Kier molecular flexibility index (Phi) is 32.3. The number of imide groups is 1. The van der Waals surface area contributed by atoms with Gasteiger partial charge in [-0.2, -0.15) is 0 Å². The number of esters is 1. The minimum absolute atomic E-state index is 0.00106. The number of Topliss-reactive ketones (excluding diaryl/α,β-unsaturated/α-hetero) is 2. The number of nitrogen functional groups attached to an aromatic ring is 1. The Morgan fingerprint density at radius 3 is 1.81 bits per heavy atom. The molecule has 23 nitrogen and oxygen atoms in total. The van der Waals surface area contributed by atoms with E-state index >= 15 is 0 Å². The van der Waals surface area contributed by atoms with Crippen LogP contribution in [0.25, 0.3) is 0 Å². The Morgan fingerprint density at radius 1 is 0.578 bits per heavy atom. The first-order chi connectivity index (χ1) is 55.7. The van der Waals surface area contributed by atoms with Gasteiger partial charge in [-0.3, -0.25) is 53.3 Å². The Hall–Kier alpha value is -9.44. The van der Waals surface area contributed by atoms with Gasteiger partial charge in [0, 0.05) is 79.9 Å². The maximum Gasteiger partial charge on any atom is 0.306 e. The van der Waals surface area contributed by atoms with Crippen LogP contribution in [0, 0.1) is 46.3 Å². The number of carbonyl (C=O) groups is 10. The number of nitrogens with zero attached hydrogens (tertiary/aromatic N) is 1. The summed E-state index contributed by atoms with van der Waals surface area (Å²) in [7, 11) is 0. The summed E-state index contributed by atoms with van der Waals surface area (Å²) in [5.41, 5.74) is 27.1. The molecule has 116 heavy (non-hydrogen) atoms. The number of hydrogen-bond donors (Lipinski definition) is 7. The number of anilines is 3. The molecule has 10 N–H and O–H groups in total. The van der Waals surface area contributed by atoms with Crippen molar-refractivity contribution in [2.24, 2.45) is 46.0 Å². The Balaban J connectivity index is 0.567. The number of ketones is 2. The number of nitrogens with two attached hydrogens (primary N) is 3. The number of unbranched alkanes of at least 4 members (excludes halogenated alkanes) is 3. The molecule has 0 aromatic heterocycles. The van der Waals surface area contributed by atoms with Gasteiger partial charge in [0.2, 0.25) is 41.4 Å². The Morgan fingerprint density at radius 2 is 1.16 bits per heavy atom. The molecule has 5 aromatic rings. The predicted octanol–water partition coefficient (Wildman–Crippen LogP) is 11.8. The van der Waals surface area contributed by atoms with Crippen LogP contribution in [0.3, 0.4) is 0 Å². The molecule has 2 saturated carbocycles. The summed E-state index contributed by atoms with van der Waals surface area (Å²) in [5.74, 6) is 2.80. The molecule has 23 heteroatoms. The van der Waals surface area contributed by atoms with Gasteiger partial charge in [0.1, 0.15) is 12.4 Å². The third-order valence-electron chi connectivity index (χ3n) is 25.2. The summed E-state index contributed by atoms with van der Waals surface area (Å²) in [4.78, 5) is 136. The number of carbonyl (C=O) groups excluding carboxylic acids is 10. The molecule has 0 radical (unpaired) electrons. The van der Waals surface area contributed by atoms with Gasteiger partial charge in [0.05, 0.1) is 88.0 Å². The molecule has 0 bridgehead atoms. The highest BCUT2D eigenvalue weighted by Crippen LogP contribution is 2.60. The highest BCUT2D eigenvalue weighted by atomic mass is 16.6. The van der Waals surface area contributed by atoms with Gasteiger partial charge in [0.15, 0.2) is 5.78 Å². The number of hydrogen-bond acceptors (Lipinski definition) is 17. The van der Waals surface area contributed by atoms with Crippen molar-refractivity contribution < 1.29 is 71.6 Å². The number of rotatable bonds is 43. The summed E-state index contributed by atoms with van der Waals surface area (Å²) < 4.78 is 28.1. The van der Waals surface area contributed by atoms with E-state index in [4.69, 9.17) is 40.9 Å². The number of benzene rings is 5. The lowest BCUT2D eigenvalue weighted by molar-refractivity contribution is -0.150. The molecule has 624 valence electrons. The van der Waals surface area contributed by atoms with Crippen molar-refractivity contribution in [3.63, 3.8) is 0 Å². The molecular weight excluding hydrogens is 1470 g/mol. The first-order valence-corrected chi connectivity index (χ1v) is 42.1. The van der Waals surface area contributed by atoms with Crippen molar-refractivity contribution >= 4 is 75.9 Å². The Bertz CT molecular complexity index is 4360. The molecule has 2 fully saturated rings. The quantitative estimate of drug-likeness (QED) is 0.00627. The molecule has 0 saturated heterocycles. The maximum atomic E-state index is 14.8. The second kappa shape index (κ2) is 42.1. The topological polar surface area (TPSA) is 346 Å². The zero-order chi connectivity index (χ0) is 83.0. The number of amides is 7. The Labute approximate surface area is 684 Å². The third kappa shape index (κ3) is 23.5. The number of nitrogens with one attached hydrogen (secondary N) is 4. The largest absolute Gasteiger partial charge is 0.461 e. The van der Waals surface area contributed by atoms with Crippen LogP contribution < -0.4 is 43.4 Å². The SMILES string of the molecule is CC(C)[C@H](CC(=O)CCOCCOCCOCCOCCNC(=O)CCC(=O)N1Cc2ccccc2C#Cc2ccccc21)C(=O)N[C@@H](CCCCC(N)=O)C(=O)Cc1ccc(COC(=O)CCCCC[C@H](N)C(=O)Nc2ccc3c(c2)[C@@]2(C)CCC[C@](C)(C(=O)NC(=O)[C@@]4(C)CCC[C@]5(C)c6cc(N)ccc6CC[C@@H]45)[C@@H]2CC3)cc1. The van der Waals surface area contributed by atoms with Gasteiger partial charge in [-0.15, -0.1) is 0 Å². The normalized spacial score (nSPS) is 21.1. The average Bonchev–Trinajstić information content (AvgIpc) is 0.721. The molecule has 0 spiro atoms. The van der Waals surface area contributed by atoms with E-state index in [-0.39, 0.29) is 167 Å². The van der Waals surface area contributed by atoms with E-state index < -0.39 is 40.6 Å². The first-order valence-electron chi connectivity index (χ1n) is 42.1. The van der Waals surface area contributed by atoms with Crippen LogP contribution >= 0.6 is 0 Å². The number of primary amides is 1. The predicted molar refractivity (Wildman–Crippen MR) is 445 cm³/mol. The van der Waals surface area contributed by atoms with E-state index in [0.717, 1.165) is 97.0 Å².